The Hall–Kier alpha value is -2.06. The average molecular weight is 299 g/mol. The lowest BCUT2D eigenvalue weighted by Crippen LogP contribution is -2.45. The van der Waals surface area contributed by atoms with Gasteiger partial charge in [0.2, 0.25) is 5.91 Å². The molecule has 1 saturated carbocycles. The second kappa shape index (κ2) is 6.80. The largest absolute Gasteiger partial charge is 0.492 e. The zero-order valence-corrected chi connectivity index (χ0v) is 12.6. The lowest BCUT2D eigenvalue weighted by atomic mass is 10.2. The van der Waals surface area contributed by atoms with Gasteiger partial charge in [0.15, 0.2) is 0 Å². The predicted molar refractivity (Wildman–Crippen MR) is 82.4 cm³/mol. The monoisotopic (exact) mass is 299 g/mol. The fourth-order valence-electron chi connectivity index (χ4n) is 2.85. The third-order valence-corrected chi connectivity index (χ3v) is 4.20. The molecule has 116 valence electrons. The molecule has 3 rings (SSSR count). The Kier molecular flexibility index (Phi) is 4.59. The van der Waals surface area contributed by atoms with Crippen molar-refractivity contribution in [2.45, 2.75) is 37.8 Å². The summed E-state index contributed by atoms with van der Waals surface area (Å²) < 4.78 is 5.71. The van der Waals surface area contributed by atoms with Gasteiger partial charge in [0.25, 0.3) is 0 Å². The van der Waals surface area contributed by atoms with E-state index in [1.54, 1.807) is 12.1 Å². The zero-order valence-electron chi connectivity index (χ0n) is 12.6. The number of likely N-dealkylation sites (tertiary alicyclic amines) is 1. The third kappa shape index (κ3) is 3.77. The minimum atomic E-state index is -0.00496. The van der Waals surface area contributed by atoms with Crippen molar-refractivity contribution in [3.8, 4) is 11.8 Å². The first-order chi connectivity index (χ1) is 10.8. The summed E-state index contributed by atoms with van der Waals surface area (Å²) in [7, 11) is 0. The molecule has 1 N–H and O–H groups in total. The van der Waals surface area contributed by atoms with Crippen molar-refractivity contribution in [1.29, 1.82) is 5.26 Å². The standard InChI is InChI=1S/C17H21N3O2/c18-12-13-3-1-4-15(11-13)22-10-9-20-8-2-5-16(20)17(21)19-14-6-7-14/h1,3-4,11,14,16H,2,5-10H2,(H,19,21)/t16-/m1/s1. The highest BCUT2D eigenvalue weighted by molar-refractivity contribution is 5.82. The van der Waals surface area contributed by atoms with Crippen molar-refractivity contribution in [3.63, 3.8) is 0 Å². The summed E-state index contributed by atoms with van der Waals surface area (Å²) >= 11 is 0. The second-order valence-corrected chi connectivity index (χ2v) is 5.96. The number of amides is 1. The van der Waals surface area contributed by atoms with Gasteiger partial charge in [-0.05, 0) is 50.4 Å². The Bertz CT molecular complexity index is 578. The van der Waals surface area contributed by atoms with Crippen molar-refractivity contribution in [2.24, 2.45) is 0 Å². The van der Waals surface area contributed by atoms with Gasteiger partial charge < -0.3 is 10.1 Å². The van der Waals surface area contributed by atoms with Crippen molar-refractivity contribution in [3.05, 3.63) is 29.8 Å². The summed E-state index contributed by atoms with van der Waals surface area (Å²) in [5.74, 6) is 0.878. The SMILES string of the molecule is N#Cc1cccc(OCCN2CCC[C@@H]2C(=O)NC2CC2)c1. The van der Waals surface area contributed by atoms with Crippen LogP contribution in [0.25, 0.3) is 0 Å². The first-order valence-corrected chi connectivity index (χ1v) is 7.93. The summed E-state index contributed by atoms with van der Waals surface area (Å²) in [6.45, 7) is 2.21. The molecule has 1 aromatic rings. The Morgan fingerprint density at radius 2 is 2.27 bits per heavy atom. The highest BCUT2D eigenvalue weighted by atomic mass is 16.5. The van der Waals surface area contributed by atoms with E-state index in [9.17, 15) is 4.79 Å². The highest BCUT2D eigenvalue weighted by Gasteiger charge is 2.33. The molecule has 0 radical (unpaired) electrons. The number of nitrogens with zero attached hydrogens (tertiary/aromatic N) is 2. The van der Waals surface area contributed by atoms with E-state index in [1.807, 2.05) is 12.1 Å². The fraction of sp³-hybridized carbons (Fsp3) is 0.529. The maximum atomic E-state index is 12.2. The number of hydrogen-bond acceptors (Lipinski definition) is 4. The molecule has 1 aliphatic carbocycles. The molecule has 1 aliphatic heterocycles. The van der Waals surface area contributed by atoms with Crippen molar-refractivity contribution < 1.29 is 9.53 Å². The molecular weight excluding hydrogens is 278 g/mol. The van der Waals surface area contributed by atoms with Crippen LogP contribution in [-0.4, -0.2) is 42.6 Å². The summed E-state index contributed by atoms with van der Waals surface area (Å²) in [6, 6.07) is 9.67. The molecule has 1 saturated heterocycles. The van der Waals surface area contributed by atoms with E-state index in [0.29, 0.717) is 24.0 Å². The average Bonchev–Trinajstić information content (AvgIpc) is 3.22. The molecule has 1 atom stereocenters. The number of carbonyl (C=O) groups is 1. The van der Waals surface area contributed by atoms with Gasteiger partial charge in [-0.25, -0.2) is 0 Å². The van der Waals surface area contributed by atoms with Gasteiger partial charge in [-0.1, -0.05) is 6.07 Å². The van der Waals surface area contributed by atoms with E-state index in [2.05, 4.69) is 16.3 Å². The van der Waals surface area contributed by atoms with E-state index in [0.717, 1.165) is 38.8 Å². The molecule has 0 bridgehead atoms. The van der Waals surface area contributed by atoms with Crippen molar-refractivity contribution >= 4 is 5.91 Å². The number of hydrogen-bond donors (Lipinski definition) is 1. The molecule has 2 fully saturated rings. The normalized spacial score (nSPS) is 21.3. The molecule has 1 aromatic carbocycles. The topological polar surface area (TPSA) is 65.4 Å². The number of ether oxygens (including phenoxy) is 1. The zero-order chi connectivity index (χ0) is 15.4. The van der Waals surface area contributed by atoms with Crippen LogP contribution in [0.5, 0.6) is 5.75 Å². The summed E-state index contributed by atoms with van der Waals surface area (Å²) in [4.78, 5) is 14.4. The van der Waals surface area contributed by atoms with Crippen LogP contribution in [0, 0.1) is 11.3 Å². The fourth-order valence-corrected chi connectivity index (χ4v) is 2.85. The van der Waals surface area contributed by atoms with Crippen LogP contribution in [0.1, 0.15) is 31.2 Å². The lowest BCUT2D eigenvalue weighted by molar-refractivity contribution is -0.125. The summed E-state index contributed by atoms with van der Waals surface area (Å²) in [6.07, 6.45) is 4.24. The van der Waals surface area contributed by atoms with Gasteiger partial charge in [-0.15, -0.1) is 0 Å². The Morgan fingerprint density at radius 1 is 1.41 bits per heavy atom. The molecule has 1 heterocycles. The molecule has 0 spiro atoms. The van der Waals surface area contributed by atoms with E-state index in [1.165, 1.54) is 0 Å². The molecule has 0 aromatic heterocycles. The van der Waals surface area contributed by atoms with Gasteiger partial charge >= 0.3 is 0 Å². The minimum absolute atomic E-state index is 0.00496. The Labute approximate surface area is 130 Å². The predicted octanol–water partition coefficient (Wildman–Crippen LogP) is 1.68. The van der Waals surface area contributed by atoms with Crippen molar-refractivity contribution in [2.75, 3.05) is 19.7 Å². The minimum Gasteiger partial charge on any atom is -0.492 e. The summed E-state index contributed by atoms with van der Waals surface area (Å²) in [5.41, 5.74) is 0.598. The Morgan fingerprint density at radius 3 is 3.05 bits per heavy atom. The van der Waals surface area contributed by atoms with E-state index < -0.39 is 0 Å². The maximum Gasteiger partial charge on any atom is 0.237 e. The number of rotatable bonds is 6. The van der Waals surface area contributed by atoms with Gasteiger partial charge in [0.05, 0.1) is 17.7 Å². The quantitative estimate of drug-likeness (QED) is 0.868. The number of nitriles is 1. The van der Waals surface area contributed by atoms with E-state index in [4.69, 9.17) is 10.00 Å². The van der Waals surface area contributed by atoms with Crippen LogP contribution >= 0.6 is 0 Å². The molecule has 2 aliphatic rings. The molecule has 1 amide bonds. The van der Waals surface area contributed by atoms with E-state index >= 15 is 0 Å². The lowest BCUT2D eigenvalue weighted by Gasteiger charge is -2.23. The molecule has 0 unspecified atom stereocenters. The van der Waals surface area contributed by atoms with Crippen LogP contribution in [0.15, 0.2) is 24.3 Å². The highest BCUT2D eigenvalue weighted by Crippen LogP contribution is 2.22. The first kappa shape index (κ1) is 14.9. The van der Waals surface area contributed by atoms with Crippen LogP contribution in [0.3, 0.4) is 0 Å². The van der Waals surface area contributed by atoms with Crippen LogP contribution < -0.4 is 10.1 Å². The first-order valence-electron chi connectivity index (χ1n) is 7.93. The van der Waals surface area contributed by atoms with Crippen LogP contribution in [0.4, 0.5) is 0 Å². The van der Waals surface area contributed by atoms with Crippen molar-refractivity contribution in [1.82, 2.24) is 10.2 Å². The third-order valence-electron chi connectivity index (χ3n) is 4.20. The maximum absolute atomic E-state index is 12.2. The van der Waals surface area contributed by atoms with Crippen LogP contribution in [-0.2, 0) is 4.79 Å². The number of nitrogens with one attached hydrogen (secondary N) is 1. The van der Waals surface area contributed by atoms with Crippen LogP contribution in [0.2, 0.25) is 0 Å². The Balaban J connectivity index is 1.47. The van der Waals surface area contributed by atoms with Gasteiger partial charge in [-0.2, -0.15) is 5.26 Å². The smallest absolute Gasteiger partial charge is 0.237 e. The number of carbonyl (C=O) groups excluding carboxylic acids is 1. The van der Waals surface area contributed by atoms with Gasteiger partial charge in [0.1, 0.15) is 12.4 Å². The summed E-state index contributed by atoms with van der Waals surface area (Å²) in [5, 5.41) is 12.0. The van der Waals surface area contributed by atoms with E-state index in [-0.39, 0.29) is 11.9 Å². The number of benzene rings is 1. The molecule has 22 heavy (non-hydrogen) atoms. The molecule has 5 nitrogen and oxygen atoms in total. The second-order valence-electron chi connectivity index (χ2n) is 5.96. The molecule has 5 heteroatoms. The van der Waals surface area contributed by atoms with Gasteiger partial charge in [-0.3, -0.25) is 9.69 Å². The van der Waals surface area contributed by atoms with Gasteiger partial charge in [0, 0.05) is 12.6 Å². The molecular formula is C17H21N3O2.